The Balaban J connectivity index is 2.11. The molecule has 4 N–H and O–H groups in total. The standard InChI is InChI=1S/C12H16N4O/c13-5-8-4-10(14)12(15-6-8)16-11-3-1-2-9(11)7-17/h4,6,9,11,17H,1-3,7,14H2,(H,15,16). The first-order chi connectivity index (χ1) is 8.24. The number of rotatable bonds is 3. The van der Waals surface area contributed by atoms with Gasteiger partial charge in [0.25, 0.3) is 0 Å². The number of aliphatic hydroxyl groups is 1. The Morgan fingerprint density at radius 3 is 3.06 bits per heavy atom. The van der Waals surface area contributed by atoms with E-state index in [0.29, 0.717) is 17.1 Å². The number of nitrogens with one attached hydrogen (secondary N) is 1. The molecular weight excluding hydrogens is 216 g/mol. The van der Waals surface area contributed by atoms with Gasteiger partial charge in [-0.25, -0.2) is 4.98 Å². The molecule has 0 amide bonds. The Labute approximate surface area is 100 Å². The SMILES string of the molecule is N#Cc1cnc(NC2CCCC2CO)c(N)c1. The summed E-state index contributed by atoms with van der Waals surface area (Å²) in [6.45, 7) is 0.188. The molecule has 1 saturated carbocycles. The molecule has 17 heavy (non-hydrogen) atoms. The van der Waals surface area contributed by atoms with Gasteiger partial charge < -0.3 is 16.2 Å². The second-order valence-corrected chi connectivity index (χ2v) is 4.40. The Morgan fingerprint density at radius 2 is 2.41 bits per heavy atom. The lowest BCUT2D eigenvalue weighted by Gasteiger charge is -2.20. The molecule has 0 aromatic carbocycles. The molecule has 1 aromatic heterocycles. The van der Waals surface area contributed by atoms with Crippen molar-refractivity contribution in [3.05, 3.63) is 17.8 Å². The van der Waals surface area contributed by atoms with Gasteiger partial charge in [0.15, 0.2) is 0 Å². The van der Waals surface area contributed by atoms with Gasteiger partial charge in [-0.3, -0.25) is 0 Å². The van der Waals surface area contributed by atoms with E-state index in [9.17, 15) is 5.11 Å². The minimum atomic E-state index is 0.188. The van der Waals surface area contributed by atoms with Gasteiger partial charge in [-0.15, -0.1) is 0 Å². The zero-order valence-electron chi connectivity index (χ0n) is 9.56. The highest BCUT2D eigenvalue weighted by atomic mass is 16.3. The van der Waals surface area contributed by atoms with Crippen molar-refractivity contribution in [3.8, 4) is 6.07 Å². The fourth-order valence-electron chi connectivity index (χ4n) is 2.28. The van der Waals surface area contributed by atoms with E-state index < -0.39 is 0 Å². The molecule has 2 unspecified atom stereocenters. The lowest BCUT2D eigenvalue weighted by Crippen LogP contribution is -2.27. The summed E-state index contributed by atoms with van der Waals surface area (Å²) in [5.41, 5.74) is 6.76. The molecule has 0 aliphatic heterocycles. The molecule has 0 radical (unpaired) electrons. The molecular formula is C12H16N4O. The van der Waals surface area contributed by atoms with Crippen molar-refractivity contribution < 1.29 is 5.11 Å². The van der Waals surface area contributed by atoms with Crippen LogP contribution in [0.25, 0.3) is 0 Å². The van der Waals surface area contributed by atoms with Crippen molar-refractivity contribution in [1.82, 2.24) is 4.98 Å². The zero-order valence-corrected chi connectivity index (χ0v) is 9.56. The van der Waals surface area contributed by atoms with Gasteiger partial charge >= 0.3 is 0 Å². The Bertz CT molecular complexity index is 441. The molecule has 2 atom stereocenters. The smallest absolute Gasteiger partial charge is 0.149 e. The first kappa shape index (κ1) is 11.7. The summed E-state index contributed by atoms with van der Waals surface area (Å²) in [5, 5.41) is 21.2. The fraction of sp³-hybridized carbons (Fsp3) is 0.500. The number of nitrogens with zero attached hydrogens (tertiary/aromatic N) is 2. The summed E-state index contributed by atoms with van der Waals surface area (Å²) < 4.78 is 0. The third-order valence-electron chi connectivity index (χ3n) is 3.26. The number of nitriles is 1. The molecule has 1 heterocycles. The highest BCUT2D eigenvalue weighted by Crippen LogP contribution is 2.29. The van der Waals surface area contributed by atoms with E-state index in [2.05, 4.69) is 10.3 Å². The quantitative estimate of drug-likeness (QED) is 0.725. The van der Waals surface area contributed by atoms with Crippen LogP contribution < -0.4 is 11.1 Å². The number of pyridine rings is 1. The molecule has 1 fully saturated rings. The van der Waals surface area contributed by atoms with Crippen LogP contribution in [-0.4, -0.2) is 22.7 Å². The number of anilines is 2. The number of hydrogen-bond acceptors (Lipinski definition) is 5. The molecule has 0 spiro atoms. The third kappa shape index (κ3) is 2.48. The van der Waals surface area contributed by atoms with Gasteiger partial charge in [-0.2, -0.15) is 5.26 Å². The summed E-state index contributed by atoms with van der Waals surface area (Å²) in [6, 6.07) is 3.83. The second-order valence-electron chi connectivity index (χ2n) is 4.40. The summed E-state index contributed by atoms with van der Waals surface area (Å²) >= 11 is 0. The van der Waals surface area contributed by atoms with Gasteiger partial charge in [-0.1, -0.05) is 6.42 Å². The van der Waals surface area contributed by atoms with Gasteiger partial charge in [0.2, 0.25) is 0 Å². The minimum Gasteiger partial charge on any atom is -0.396 e. The first-order valence-electron chi connectivity index (χ1n) is 5.77. The largest absolute Gasteiger partial charge is 0.396 e. The highest BCUT2D eigenvalue weighted by molar-refractivity contribution is 5.63. The average molecular weight is 232 g/mol. The van der Waals surface area contributed by atoms with E-state index >= 15 is 0 Å². The van der Waals surface area contributed by atoms with Crippen molar-refractivity contribution in [2.45, 2.75) is 25.3 Å². The van der Waals surface area contributed by atoms with Gasteiger partial charge in [0, 0.05) is 24.8 Å². The van der Waals surface area contributed by atoms with E-state index in [-0.39, 0.29) is 18.6 Å². The normalized spacial score (nSPS) is 23.3. The van der Waals surface area contributed by atoms with E-state index in [1.807, 2.05) is 6.07 Å². The molecule has 1 aromatic rings. The van der Waals surface area contributed by atoms with Crippen LogP contribution in [0.1, 0.15) is 24.8 Å². The number of nitrogen functional groups attached to an aromatic ring is 1. The zero-order chi connectivity index (χ0) is 12.3. The molecule has 1 aliphatic rings. The molecule has 1 aliphatic carbocycles. The number of aliphatic hydroxyl groups excluding tert-OH is 1. The molecule has 2 rings (SSSR count). The van der Waals surface area contributed by atoms with Crippen molar-refractivity contribution in [2.75, 3.05) is 17.7 Å². The second kappa shape index (κ2) is 5.02. The van der Waals surface area contributed by atoms with Crippen LogP contribution in [-0.2, 0) is 0 Å². The van der Waals surface area contributed by atoms with Crippen LogP contribution in [0.5, 0.6) is 0 Å². The Kier molecular flexibility index (Phi) is 3.45. The van der Waals surface area contributed by atoms with E-state index in [4.69, 9.17) is 11.0 Å². The molecule has 0 bridgehead atoms. The van der Waals surface area contributed by atoms with E-state index in [0.717, 1.165) is 19.3 Å². The molecule has 5 heteroatoms. The maximum absolute atomic E-state index is 9.23. The lowest BCUT2D eigenvalue weighted by atomic mass is 10.1. The molecule has 0 saturated heterocycles. The van der Waals surface area contributed by atoms with Gasteiger partial charge in [0.1, 0.15) is 11.9 Å². The van der Waals surface area contributed by atoms with Crippen molar-refractivity contribution in [3.63, 3.8) is 0 Å². The maximum atomic E-state index is 9.23. The van der Waals surface area contributed by atoms with Crippen LogP contribution in [0, 0.1) is 17.2 Å². The third-order valence-corrected chi connectivity index (χ3v) is 3.26. The maximum Gasteiger partial charge on any atom is 0.149 e. The van der Waals surface area contributed by atoms with Crippen LogP contribution in [0.15, 0.2) is 12.3 Å². The monoisotopic (exact) mass is 232 g/mol. The van der Waals surface area contributed by atoms with Crippen molar-refractivity contribution >= 4 is 11.5 Å². The van der Waals surface area contributed by atoms with Gasteiger partial charge in [-0.05, 0) is 18.9 Å². The highest BCUT2D eigenvalue weighted by Gasteiger charge is 2.27. The number of hydrogen-bond donors (Lipinski definition) is 3. The number of aromatic nitrogens is 1. The van der Waals surface area contributed by atoms with Crippen LogP contribution in [0.4, 0.5) is 11.5 Å². The van der Waals surface area contributed by atoms with Crippen LogP contribution >= 0.6 is 0 Å². The Hall–Kier alpha value is -1.80. The predicted octanol–water partition coefficient (Wildman–Crippen LogP) is 1.11. The summed E-state index contributed by atoms with van der Waals surface area (Å²) in [5.74, 6) is 0.876. The molecule has 90 valence electrons. The summed E-state index contributed by atoms with van der Waals surface area (Å²) in [7, 11) is 0. The van der Waals surface area contributed by atoms with E-state index in [1.165, 1.54) is 6.20 Å². The van der Waals surface area contributed by atoms with Crippen LogP contribution in [0.2, 0.25) is 0 Å². The topological polar surface area (TPSA) is 95.0 Å². The van der Waals surface area contributed by atoms with E-state index in [1.54, 1.807) is 6.07 Å². The molecule has 5 nitrogen and oxygen atoms in total. The summed E-state index contributed by atoms with van der Waals surface area (Å²) in [6.07, 6.45) is 4.66. The predicted molar refractivity (Wildman–Crippen MR) is 65.2 cm³/mol. The van der Waals surface area contributed by atoms with Crippen molar-refractivity contribution in [1.29, 1.82) is 5.26 Å². The fourth-order valence-corrected chi connectivity index (χ4v) is 2.28. The van der Waals surface area contributed by atoms with Gasteiger partial charge in [0.05, 0.1) is 11.3 Å². The first-order valence-corrected chi connectivity index (χ1v) is 5.77. The van der Waals surface area contributed by atoms with Crippen molar-refractivity contribution in [2.24, 2.45) is 5.92 Å². The number of nitrogens with two attached hydrogens (primary N) is 1. The minimum absolute atomic E-state index is 0.188. The van der Waals surface area contributed by atoms with Crippen LogP contribution in [0.3, 0.4) is 0 Å². The average Bonchev–Trinajstić information content (AvgIpc) is 2.79. The summed E-state index contributed by atoms with van der Waals surface area (Å²) in [4.78, 5) is 4.14. The Morgan fingerprint density at radius 1 is 1.59 bits per heavy atom. The lowest BCUT2D eigenvalue weighted by molar-refractivity contribution is 0.222.